The first-order valence-corrected chi connectivity index (χ1v) is 7.45. The molecule has 0 bridgehead atoms. The van der Waals surface area contributed by atoms with Crippen LogP contribution in [0.15, 0.2) is 29.2 Å². The average Bonchev–Trinajstić information content (AvgIpc) is 3.19. The smallest absolute Gasteiger partial charge is 0.109 e. The van der Waals surface area contributed by atoms with E-state index in [0.29, 0.717) is 5.92 Å². The van der Waals surface area contributed by atoms with Gasteiger partial charge in [-0.15, -0.1) is 0 Å². The highest BCUT2D eigenvalue weighted by Gasteiger charge is 2.80. The first-order valence-electron chi connectivity index (χ1n) is 6.30. The molecule has 3 fully saturated rings. The number of rotatable bonds is 2. The van der Waals surface area contributed by atoms with Gasteiger partial charge in [-0.2, -0.15) is 0 Å². The molecule has 2 aliphatic carbocycles. The number of fused-ring (bicyclic) bond motifs is 2. The van der Waals surface area contributed by atoms with Crippen molar-refractivity contribution < 1.29 is 8.95 Å². The first kappa shape index (κ1) is 10.3. The molecule has 1 saturated heterocycles. The average molecular weight is 248 g/mol. The molecule has 1 spiro atoms. The van der Waals surface area contributed by atoms with Crippen LogP contribution in [-0.4, -0.2) is 21.2 Å². The lowest BCUT2D eigenvalue weighted by molar-refractivity contribution is 0.292. The van der Waals surface area contributed by atoms with Gasteiger partial charge in [-0.05, 0) is 44.2 Å². The predicted octanol–water partition coefficient (Wildman–Crippen LogP) is 2.42. The Hall–Kier alpha value is -0.670. The van der Waals surface area contributed by atoms with E-state index in [9.17, 15) is 4.21 Å². The highest BCUT2D eigenvalue weighted by molar-refractivity contribution is 7.87. The SMILES string of the molecule is Cc1ccc(S(=O)C23CC2CCC32CO2)cc1. The Labute approximate surface area is 104 Å². The zero-order valence-electron chi connectivity index (χ0n) is 9.94. The third-order valence-corrected chi connectivity index (χ3v) is 7.01. The lowest BCUT2D eigenvalue weighted by Gasteiger charge is -2.19. The maximum atomic E-state index is 12.8. The van der Waals surface area contributed by atoms with Crippen molar-refractivity contribution in [1.82, 2.24) is 0 Å². The van der Waals surface area contributed by atoms with E-state index in [1.165, 1.54) is 12.0 Å². The molecule has 17 heavy (non-hydrogen) atoms. The minimum Gasteiger partial charge on any atom is -0.368 e. The minimum atomic E-state index is -0.890. The second kappa shape index (κ2) is 3.01. The Balaban J connectivity index is 1.72. The van der Waals surface area contributed by atoms with Crippen LogP contribution in [0.1, 0.15) is 24.8 Å². The molecule has 0 amide bonds. The molecule has 2 nitrogen and oxygen atoms in total. The first-order chi connectivity index (χ1) is 8.18. The molecule has 4 atom stereocenters. The van der Waals surface area contributed by atoms with Gasteiger partial charge in [-0.3, -0.25) is 4.21 Å². The molecule has 1 aromatic carbocycles. The fraction of sp³-hybridized carbons (Fsp3) is 0.571. The van der Waals surface area contributed by atoms with Gasteiger partial charge in [0.2, 0.25) is 0 Å². The van der Waals surface area contributed by atoms with Gasteiger partial charge in [0.1, 0.15) is 5.60 Å². The summed E-state index contributed by atoms with van der Waals surface area (Å²) in [5.74, 6) is 0.645. The molecule has 2 saturated carbocycles. The molecule has 4 unspecified atom stereocenters. The fourth-order valence-electron chi connectivity index (χ4n) is 3.56. The van der Waals surface area contributed by atoms with E-state index in [2.05, 4.69) is 19.1 Å². The maximum Gasteiger partial charge on any atom is 0.109 e. The van der Waals surface area contributed by atoms with Crippen LogP contribution < -0.4 is 0 Å². The zero-order valence-corrected chi connectivity index (χ0v) is 10.8. The molecule has 90 valence electrons. The summed E-state index contributed by atoms with van der Waals surface area (Å²) < 4.78 is 18.5. The molecule has 1 aliphatic heterocycles. The minimum absolute atomic E-state index is 0.00653. The second-order valence-corrected chi connectivity index (χ2v) is 7.43. The van der Waals surface area contributed by atoms with E-state index in [-0.39, 0.29) is 10.3 Å². The summed E-state index contributed by atoms with van der Waals surface area (Å²) in [6, 6.07) is 8.14. The third kappa shape index (κ3) is 1.17. The van der Waals surface area contributed by atoms with Crippen LogP contribution in [0.3, 0.4) is 0 Å². The number of hydrogen-bond donors (Lipinski definition) is 0. The second-order valence-electron chi connectivity index (χ2n) is 5.69. The number of hydrogen-bond acceptors (Lipinski definition) is 2. The Kier molecular flexibility index (Phi) is 1.82. The van der Waals surface area contributed by atoms with E-state index in [0.717, 1.165) is 24.3 Å². The quantitative estimate of drug-likeness (QED) is 0.752. The van der Waals surface area contributed by atoms with Crippen LogP contribution in [0.25, 0.3) is 0 Å². The fourth-order valence-corrected chi connectivity index (χ4v) is 5.70. The van der Waals surface area contributed by atoms with E-state index < -0.39 is 10.8 Å². The molecule has 3 heteroatoms. The molecule has 1 aromatic rings. The van der Waals surface area contributed by atoms with Crippen molar-refractivity contribution in [2.75, 3.05) is 6.61 Å². The summed E-state index contributed by atoms with van der Waals surface area (Å²) in [6.45, 7) is 2.90. The van der Waals surface area contributed by atoms with E-state index in [1.54, 1.807) is 0 Å². The molecule has 0 N–H and O–H groups in total. The molecular formula is C14H16O2S. The van der Waals surface area contributed by atoms with Crippen LogP contribution in [0.4, 0.5) is 0 Å². The van der Waals surface area contributed by atoms with Gasteiger partial charge < -0.3 is 4.74 Å². The third-order valence-electron chi connectivity index (χ3n) is 4.78. The van der Waals surface area contributed by atoms with Gasteiger partial charge in [0.05, 0.1) is 22.2 Å². The van der Waals surface area contributed by atoms with Crippen LogP contribution in [0, 0.1) is 12.8 Å². The summed E-state index contributed by atoms with van der Waals surface area (Å²) in [5.41, 5.74) is 1.22. The Bertz CT molecular complexity index is 503. The molecule has 0 aromatic heterocycles. The van der Waals surface area contributed by atoms with Gasteiger partial charge in [0, 0.05) is 4.90 Å². The van der Waals surface area contributed by atoms with E-state index in [1.807, 2.05) is 12.1 Å². The molecule has 0 radical (unpaired) electrons. The number of epoxide rings is 1. The molecular weight excluding hydrogens is 232 g/mol. The van der Waals surface area contributed by atoms with Crippen molar-refractivity contribution in [1.29, 1.82) is 0 Å². The maximum absolute atomic E-state index is 12.8. The summed E-state index contributed by atoms with van der Waals surface area (Å²) in [5, 5.41) is 0. The van der Waals surface area contributed by atoms with Gasteiger partial charge in [-0.1, -0.05) is 17.7 Å². The summed E-state index contributed by atoms with van der Waals surface area (Å²) >= 11 is 0. The summed E-state index contributed by atoms with van der Waals surface area (Å²) in [4.78, 5) is 0.981. The van der Waals surface area contributed by atoms with Gasteiger partial charge in [0.25, 0.3) is 0 Å². The van der Waals surface area contributed by atoms with Gasteiger partial charge >= 0.3 is 0 Å². The number of benzene rings is 1. The lowest BCUT2D eigenvalue weighted by Crippen LogP contribution is -2.34. The van der Waals surface area contributed by atoms with Crippen LogP contribution >= 0.6 is 0 Å². The molecule has 3 aliphatic rings. The topological polar surface area (TPSA) is 29.6 Å². The summed E-state index contributed by atoms with van der Waals surface area (Å²) in [7, 11) is -0.890. The Morgan fingerprint density at radius 3 is 2.65 bits per heavy atom. The van der Waals surface area contributed by atoms with Crippen molar-refractivity contribution in [3.63, 3.8) is 0 Å². The van der Waals surface area contributed by atoms with Crippen molar-refractivity contribution in [3.8, 4) is 0 Å². The van der Waals surface area contributed by atoms with E-state index >= 15 is 0 Å². The van der Waals surface area contributed by atoms with Crippen LogP contribution in [-0.2, 0) is 15.5 Å². The zero-order chi connectivity index (χ0) is 11.7. The number of ether oxygens (including phenoxy) is 1. The molecule has 1 heterocycles. The van der Waals surface area contributed by atoms with Gasteiger partial charge in [-0.25, -0.2) is 0 Å². The van der Waals surface area contributed by atoms with Gasteiger partial charge in [0.15, 0.2) is 0 Å². The van der Waals surface area contributed by atoms with Crippen molar-refractivity contribution >= 4 is 10.8 Å². The van der Waals surface area contributed by atoms with Crippen molar-refractivity contribution in [3.05, 3.63) is 29.8 Å². The largest absolute Gasteiger partial charge is 0.368 e. The highest BCUT2D eigenvalue weighted by Crippen LogP contribution is 2.71. The lowest BCUT2D eigenvalue weighted by atomic mass is 10.1. The standard InChI is InChI=1S/C14H16O2S/c1-10-2-4-12(5-3-10)17(15)14-8-11(14)6-7-13(14)9-16-13/h2-5,11H,6-9H2,1H3. The Morgan fingerprint density at radius 1 is 1.35 bits per heavy atom. The predicted molar refractivity (Wildman–Crippen MR) is 66.3 cm³/mol. The monoisotopic (exact) mass is 248 g/mol. The Morgan fingerprint density at radius 2 is 2.06 bits per heavy atom. The van der Waals surface area contributed by atoms with Crippen LogP contribution in [0.5, 0.6) is 0 Å². The summed E-state index contributed by atoms with van der Waals surface area (Å²) in [6.07, 6.45) is 3.43. The van der Waals surface area contributed by atoms with Crippen molar-refractivity contribution in [2.24, 2.45) is 5.92 Å². The molecule has 4 rings (SSSR count). The highest BCUT2D eigenvalue weighted by atomic mass is 32.2. The van der Waals surface area contributed by atoms with Crippen LogP contribution in [0.2, 0.25) is 0 Å². The van der Waals surface area contributed by atoms with Crippen molar-refractivity contribution in [2.45, 2.75) is 41.4 Å². The normalized spacial score (nSPS) is 43.5. The van der Waals surface area contributed by atoms with E-state index in [4.69, 9.17) is 4.74 Å². The number of aryl methyl sites for hydroxylation is 1.